The average Bonchev–Trinajstić information content (AvgIpc) is 2.07. The maximum absolute atomic E-state index is 10.9. The molecule has 1 saturated carbocycles. The Balaban J connectivity index is 2.26. The molecule has 0 aromatic carbocycles. The van der Waals surface area contributed by atoms with Gasteiger partial charge in [-0.1, -0.05) is 11.6 Å². The lowest BCUT2D eigenvalue weighted by Gasteiger charge is -2.26. The first-order chi connectivity index (χ1) is 4.29. The zero-order chi connectivity index (χ0) is 6.43. The molecule has 1 heteroatoms. The first-order valence-electron chi connectivity index (χ1n) is 3.50. The SMILES string of the molecule is CC1=CC2C(=O)CCC12. The average molecular weight is 122 g/mol. The number of carbonyl (C=O) groups is 1. The van der Waals surface area contributed by atoms with E-state index in [0.29, 0.717) is 17.6 Å². The fourth-order valence-corrected chi connectivity index (χ4v) is 1.88. The summed E-state index contributed by atoms with van der Waals surface area (Å²) in [7, 11) is 0. The van der Waals surface area contributed by atoms with Crippen molar-refractivity contribution in [1.29, 1.82) is 0 Å². The lowest BCUT2D eigenvalue weighted by Crippen LogP contribution is -2.22. The maximum atomic E-state index is 10.9. The summed E-state index contributed by atoms with van der Waals surface area (Å²) in [6.07, 6.45) is 4.05. The second-order valence-corrected chi connectivity index (χ2v) is 3.05. The van der Waals surface area contributed by atoms with Crippen LogP contribution in [0.15, 0.2) is 11.6 Å². The summed E-state index contributed by atoms with van der Waals surface area (Å²) in [4.78, 5) is 10.9. The quantitative estimate of drug-likeness (QED) is 0.445. The van der Waals surface area contributed by atoms with E-state index in [1.54, 1.807) is 0 Å². The van der Waals surface area contributed by atoms with E-state index in [1.165, 1.54) is 5.57 Å². The number of rotatable bonds is 0. The van der Waals surface area contributed by atoms with Gasteiger partial charge in [0.05, 0.1) is 0 Å². The van der Waals surface area contributed by atoms with Crippen LogP contribution in [0.3, 0.4) is 0 Å². The van der Waals surface area contributed by atoms with Crippen LogP contribution in [0.4, 0.5) is 0 Å². The van der Waals surface area contributed by atoms with E-state index in [0.717, 1.165) is 12.8 Å². The summed E-state index contributed by atoms with van der Waals surface area (Å²) in [6, 6.07) is 0. The van der Waals surface area contributed by atoms with Gasteiger partial charge >= 0.3 is 0 Å². The van der Waals surface area contributed by atoms with E-state index in [4.69, 9.17) is 0 Å². The van der Waals surface area contributed by atoms with Crippen LogP contribution >= 0.6 is 0 Å². The standard InChI is InChI=1S/C8H10O/c1-5-4-7-6(5)2-3-8(7)9/h4,6-7H,2-3H2,1H3. The maximum Gasteiger partial charge on any atom is 0.140 e. The number of fused-ring (bicyclic) bond motifs is 1. The molecule has 0 saturated heterocycles. The summed E-state index contributed by atoms with van der Waals surface area (Å²) >= 11 is 0. The Kier molecular flexibility index (Phi) is 0.850. The van der Waals surface area contributed by atoms with E-state index in [1.807, 2.05) is 0 Å². The Labute approximate surface area is 54.8 Å². The van der Waals surface area contributed by atoms with Gasteiger partial charge in [-0.25, -0.2) is 0 Å². The molecular formula is C8H10O. The van der Waals surface area contributed by atoms with Crippen molar-refractivity contribution < 1.29 is 4.79 Å². The number of Topliss-reactive ketones (excluding diaryl/α,β-unsaturated/α-hetero) is 1. The molecule has 2 unspecified atom stereocenters. The number of ketones is 1. The fourth-order valence-electron chi connectivity index (χ4n) is 1.88. The summed E-state index contributed by atoms with van der Waals surface area (Å²) in [5, 5.41) is 0. The molecule has 48 valence electrons. The molecule has 1 nitrogen and oxygen atoms in total. The minimum Gasteiger partial charge on any atom is -0.299 e. The molecule has 0 spiro atoms. The third kappa shape index (κ3) is 0.521. The van der Waals surface area contributed by atoms with Gasteiger partial charge in [0.2, 0.25) is 0 Å². The zero-order valence-electron chi connectivity index (χ0n) is 5.55. The smallest absolute Gasteiger partial charge is 0.140 e. The van der Waals surface area contributed by atoms with E-state index < -0.39 is 0 Å². The van der Waals surface area contributed by atoms with Crippen LogP contribution in [-0.2, 0) is 4.79 Å². The molecule has 2 aliphatic rings. The van der Waals surface area contributed by atoms with Crippen molar-refractivity contribution in [3.8, 4) is 0 Å². The van der Waals surface area contributed by atoms with E-state index >= 15 is 0 Å². The zero-order valence-corrected chi connectivity index (χ0v) is 5.55. The van der Waals surface area contributed by atoms with Crippen molar-refractivity contribution in [2.75, 3.05) is 0 Å². The normalized spacial score (nSPS) is 39.7. The Morgan fingerprint density at radius 3 is 2.89 bits per heavy atom. The van der Waals surface area contributed by atoms with Crippen molar-refractivity contribution in [2.45, 2.75) is 19.8 Å². The highest BCUT2D eigenvalue weighted by atomic mass is 16.1. The molecule has 0 aliphatic heterocycles. The summed E-state index contributed by atoms with van der Waals surface area (Å²) in [5.41, 5.74) is 1.44. The lowest BCUT2D eigenvalue weighted by molar-refractivity contribution is -0.120. The highest BCUT2D eigenvalue weighted by molar-refractivity contribution is 5.87. The molecule has 0 heterocycles. The predicted molar refractivity (Wildman–Crippen MR) is 35.0 cm³/mol. The van der Waals surface area contributed by atoms with Crippen LogP contribution in [0, 0.1) is 11.8 Å². The van der Waals surface area contributed by atoms with Crippen molar-refractivity contribution >= 4 is 5.78 Å². The van der Waals surface area contributed by atoms with Gasteiger partial charge in [0.15, 0.2) is 0 Å². The van der Waals surface area contributed by atoms with Gasteiger partial charge in [-0.15, -0.1) is 0 Å². The Morgan fingerprint density at radius 1 is 1.67 bits per heavy atom. The van der Waals surface area contributed by atoms with Gasteiger partial charge < -0.3 is 0 Å². The van der Waals surface area contributed by atoms with Gasteiger partial charge in [0.25, 0.3) is 0 Å². The minimum absolute atomic E-state index is 0.338. The highest BCUT2D eigenvalue weighted by Crippen LogP contribution is 2.43. The van der Waals surface area contributed by atoms with Gasteiger partial charge in [0, 0.05) is 12.3 Å². The Hall–Kier alpha value is -0.590. The predicted octanol–water partition coefficient (Wildman–Crippen LogP) is 1.54. The van der Waals surface area contributed by atoms with E-state index in [2.05, 4.69) is 13.0 Å². The number of hydrogen-bond acceptors (Lipinski definition) is 1. The third-order valence-electron chi connectivity index (χ3n) is 2.53. The molecule has 0 N–H and O–H groups in total. The van der Waals surface area contributed by atoms with E-state index in [9.17, 15) is 4.79 Å². The number of carbonyl (C=O) groups excluding carboxylic acids is 1. The van der Waals surface area contributed by atoms with Crippen LogP contribution in [-0.4, -0.2) is 5.78 Å². The third-order valence-corrected chi connectivity index (χ3v) is 2.53. The first kappa shape index (κ1) is 5.21. The van der Waals surface area contributed by atoms with Crippen LogP contribution in [0.2, 0.25) is 0 Å². The largest absolute Gasteiger partial charge is 0.299 e. The molecule has 0 aromatic heterocycles. The van der Waals surface area contributed by atoms with Crippen LogP contribution < -0.4 is 0 Å². The molecular weight excluding hydrogens is 112 g/mol. The molecule has 0 radical (unpaired) electrons. The van der Waals surface area contributed by atoms with Crippen molar-refractivity contribution in [3.05, 3.63) is 11.6 Å². The lowest BCUT2D eigenvalue weighted by atomic mass is 9.78. The van der Waals surface area contributed by atoms with Crippen molar-refractivity contribution in [3.63, 3.8) is 0 Å². The van der Waals surface area contributed by atoms with Crippen molar-refractivity contribution in [1.82, 2.24) is 0 Å². The van der Waals surface area contributed by atoms with E-state index in [-0.39, 0.29) is 0 Å². The minimum atomic E-state index is 0.338. The summed E-state index contributed by atoms with van der Waals surface area (Å²) in [5.74, 6) is 1.45. The number of hydrogen-bond donors (Lipinski definition) is 0. The second-order valence-electron chi connectivity index (χ2n) is 3.05. The molecule has 0 aromatic rings. The fraction of sp³-hybridized carbons (Fsp3) is 0.625. The topological polar surface area (TPSA) is 17.1 Å². The molecule has 1 fully saturated rings. The van der Waals surface area contributed by atoms with Gasteiger partial charge in [0.1, 0.15) is 5.78 Å². The Morgan fingerprint density at radius 2 is 2.44 bits per heavy atom. The van der Waals surface area contributed by atoms with Gasteiger partial charge in [-0.05, 0) is 19.3 Å². The molecule has 2 aliphatic carbocycles. The second kappa shape index (κ2) is 1.47. The van der Waals surface area contributed by atoms with Gasteiger partial charge in [-0.3, -0.25) is 4.79 Å². The van der Waals surface area contributed by atoms with Gasteiger partial charge in [-0.2, -0.15) is 0 Å². The van der Waals surface area contributed by atoms with Crippen LogP contribution in [0.5, 0.6) is 0 Å². The van der Waals surface area contributed by atoms with Crippen molar-refractivity contribution in [2.24, 2.45) is 11.8 Å². The molecule has 0 amide bonds. The summed E-state index contributed by atoms with van der Waals surface area (Å²) in [6.45, 7) is 2.12. The van der Waals surface area contributed by atoms with Crippen LogP contribution in [0.25, 0.3) is 0 Å². The molecule has 9 heavy (non-hydrogen) atoms. The number of allylic oxidation sites excluding steroid dienone is 2. The Bertz CT molecular complexity index is 191. The van der Waals surface area contributed by atoms with Crippen LogP contribution in [0.1, 0.15) is 19.8 Å². The monoisotopic (exact) mass is 122 g/mol. The summed E-state index contributed by atoms with van der Waals surface area (Å²) < 4.78 is 0. The molecule has 2 atom stereocenters. The molecule has 2 rings (SSSR count). The first-order valence-corrected chi connectivity index (χ1v) is 3.50. The molecule has 0 bridgehead atoms. The highest BCUT2D eigenvalue weighted by Gasteiger charge is 2.39.